The molecule has 0 rings (SSSR count). The van der Waals surface area contributed by atoms with E-state index in [-0.39, 0.29) is 0 Å². The van der Waals surface area contributed by atoms with Gasteiger partial charge in [0, 0.05) is 19.7 Å². The summed E-state index contributed by atoms with van der Waals surface area (Å²) in [5, 5.41) is 0. The Morgan fingerprint density at radius 3 is 2.56 bits per heavy atom. The van der Waals surface area contributed by atoms with Gasteiger partial charge in [-0.15, -0.1) is 11.6 Å². The maximum Gasteiger partial charge on any atom is 0.331 e. The third-order valence-electron chi connectivity index (χ3n) is 0.802. The van der Waals surface area contributed by atoms with Gasteiger partial charge in [0.2, 0.25) is 0 Å². The lowest BCUT2D eigenvalue weighted by Crippen LogP contribution is -2.20. The fourth-order valence-corrected chi connectivity index (χ4v) is 0.398. The normalized spacial score (nSPS) is 10.9. The minimum atomic E-state index is -0.700. The summed E-state index contributed by atoms with van der Waals surface area (Å²) in [7, 11) is 0. The van der Waals surface area contributed by atoms with E-state index in [0.29, 0.717) is 12.5 Å². The summed E-state index contributed by atoms with van der Waals surface area (Å²) in [6, 6.07) is 0. The summed E-state index contributed by atoms with van der Waals surface area (Å²) in [5.74, 6) is 0.443. The fourth-order valence-electron chi connectivity index (χ4n) is 0.321. The van der Waals surface area contributed by atoms with Crippen LogP contribution < -0.4 is 0 Å². The number of alkyl halides is 1. The van der Waals surface area contributed by atoms with Gasteiger partial charge in [0.1, 0.15) is 0 Å². The van der Waals surface area contributed by atoms with E-state index in [1.54, 1.807) is 13.8 Å². The van der Waals surface area contributed by atoms with Gasteiger partial charge < -0.3 is 4.74 Å². The van der Waals surface area contributed by atoms with Gasteiger partial charge in [-0.05, 0) is 0 Å². The van der Waals surface area contributed by atoms with Crippen LogP contribution in [0, 0.1) is 6.57 Å². The van der Waals surface area contributed by atoms with Crippen molar-refractivity contribution >= 4 is 11.6 Å². The van der Waals surface area contributed by atoms with Crippen molar-refractivity contribution in [2.75, 3.05) is 12.5 Å². The van der Waals surface area contributed by atoms with E-state index in [4.69, 9.17) is 22.9 Å². The molecule has 0 saturated carbocycles. The van der Waals surface area contributed by atoms with Crippen LogP contribution in [0.1, 0.15) is 13.8 Å². The van der Waals surface area contributed by atoms with Crippen LogP contribution >= 0.6 is 11.6 Å². The number of hydrogen-bond donors (Lipinski definition) is 0. The van der Waals surface area contributed by atoms with Crippen LogP contribution in [0.3, 0.4) is 0 Å². The quantitative estimate of drug-likeness (QED) is 0.439. The maximum absolute atomic E-state index is 6.64. The molecule has 2 nitrogen and oxygen atoms in total. The lowest BCUT2D eigenvalue weighted by molar-refractivity contribution is 0.0277. The van der Waals surface area contributed by atoms with Crippen molar-refractivity contribution in [1.82, 2.24) is 0 Å². The molecule has 3 heteroatoms. The first-order valence-corrected chi connectivity index (χ1v) is 3.24. The van der Waals surface area contributed by atoms with Crippen molar-refractivity contribution in [1.29, 1.82) is 0 Å². The topological polar surface area (TPSA) is 13.6 Å². The number of ether oxygens (including phenoxy) is 1. The summed E-state index contributed by atoms with van der Waals surface area (Å²) < 4.78 is 5.04. The van der Waals surface area contributed by atoms with Crippen molar-refractivity contribution < 1.29 is 4.74 Å². The molecule has 52 valence electrons. The van der Waals surface area contributed by atoms with Crippen LogP contribution in [0.15, 0.2) is 0 Å². The highest BCUT2D eigenvalue weighted by atomic mass is 35.5. The predicted molar refractivity (Wildman–Crippen MR) is 37.4 cm³/mol. The Morgan fingerprint density at radius 2 is 2.22 bits per heavy atom. The summed E-state index contributed by atoms with van der Waals surface area (Å²) in [6.45, 7) is 10.5. The zero-order valence-electron chi connectivity index (χ0n) is 5.65. The maximum atomic E-state index is 6.64. The van der Waals surface area contributed by atoms with E-state index in [0.717, 1.165) is 0 Å². The van der Waals surface area contributed by atoms with E-state index < -0.39 is 5.72 Å². The molecule has 9 heavy (non-hydrogen) atoms. The number of halogens is 1. The van der Waals surface area contributed by atoms with E-state index in [1.165, 1.54) is 0 Å². The predicted octanol–water partition coefficient (Wildman–Crippen LogP) is 1.90. The van der Waals surface area contributed by atoms with E-state index in [1.807, 2.05) is 0 Å². The number of nitrogens with zero attached hydrogens (tertiary/aromatic N) is 1. The van der Waals surface area contributed by atoms with Crippen molar-refractivity contribution in [2.45, 2.75) is 19.6 Å². The highest BCUT2D eigenvalue weighted by Crippen LogP contribution is 2.09. The minimum absolute atomic E-state index is 0.441. The Balaban J connectivity index is 3.49. The SMILES string of the molecule is [C-]#[N+]C(C)(C)OCCCl. The molecule has 0 bridgehead atoms. The van der Waals surface area contributed by atoms with Gasteiger partial charge in [0.15, 0.2) is 0 Å². The lowest BCUT2D eigenvalue weighted by atomic mass is 10.3. The largest absolute Gasteiger partial charge is 0.331 e. The van der Waals surface area contributed by atoms with Crippen LogP contribution in [0.25, 0.3) is 4.85 Å². The van der Waals surface area contributed by atoms with Gasteiger partial charge in [-0.25, -0.2) is 6.57 Å². The zero-order valence-corrected chi connectivity index (χ0v) is 6.40. The van der Waals surface area contributed by atoms with Crippen LogP contribution in [-0.2, 0) is 4.74 Å². The summed E-state index contributed by atoms with van der Waals surface area (Å²) >= 11 is 5.34. The second kappa shape index (κ2) is 3.71. The molecule has 0 fully saturated rings. The van der Waals surface area contributed by atoms with Gasteiger partial charge in [0.05, 0.1) is 6.61 Å². The highest BCUT2D eigenvalue weighted by Gasteiger charge is 2.21. The van der Waals surface area contributed by atoms with Crippen LogP contribution in [-0.4, -0.2) is 18.2 Å². The molecular weight excluding hydrogens is 138 g/mol. The Hall–Kier alpha value is -0.260. The molecule has 0 aromatic carbocycles. The first-order valence-electron chi connectivity index (χ1n) is 2.71. The second-order valence-electron chi connectivity index (χ2n) is 2.10. The molecule has 0 aromatic heterocycles. The van der Waals surface area contributed by atoms with Gasteiger partial charge in [0.25, 0.3) is 0 Å². The van der Waals surface area contributed by atoms with Gasteiger partial charge in [-0.2, -0.15) is 0 Å². The monoisotopic (exact) mass is 147 g/mol. The Kier molecular flexibility index (Phi) is 3.60. The zero-order chi connectivity index (χ0) is 7.33. The molecule has 0 aliphatic heterocycles. The molecule has 0 atom stereocenters. The third-order valence-corrected chi connectivity index (χ3v) is 0.956. The average molecular weight is 148 g/mol. The van der Waals surface area contributed by atoms with Crippen LogP contribution in [0.2, 0.25) is 0 Å². The summed E-state index contributed by atoms with van der Waals surface area (Å²) in [4.78, 5) is 3.23. The Labute approximate surface area is 60.6 Å². The standard InChI is InChI=1S/C6H10ClNO/c1-6(2,8-3)9-5-4-7/h4-5H2,1-2H3. The molecule has 0 heterocycles. The molecule has 0 aliphatic rings. The average Bonchev–Trinajstić information content (AvgIpc) is 1.84. The van der Waals surface area contributed by atoms with Gasteiger partial charge in [-0.3, -0.25) is 4.85 Å². The molecule has 0 spiro atoms. The Bertz CT molecular complexity index is 117. The molecular formula is C6H10ClNO. The van der Waals surface area contributed by atoms with Crippen molar-refractivity contribution in [3.05, 3.63) is 11.4 Å². The van der Waals surface area contributed by atoms with Crippen LogP contribution in [0.4, 0.5) is 0 Å². The second-order valence-corrected chi connectivity index (χ2v) is 2.47. The first-order chi connectivity index (χ1) is 4.12. The van der Waals surface area contributed by atoms with Gasteiger partial charge >= 0.3 is 5.72 Å². The van der Waals surface area contributed by atoms with Crippen molar-refractivity contribution in [2.24, 2.45) is 0 Å². The molecule has 0 amide bonds. The van der Waals surface area contributed by atoms with E-state index >= 15 is 0 Å². The smallest absolute Gasteiger partial charge is 0.307 e. The molecule has 0 saturated heterocycles. The van der Waals surface area contributed by atoms with Gasteiger partial charge in [-0.1, -0.05) is 0 Å². The molecule has 0 N–H and O–H groups in total. The highest BCUT2D eigenvalue weighted by molar-refractivity contribution is 6.17. The fraction of sp³-hybridized carbons (Fsp3) is 0.833. The lowest BCUT2D eigenvalue weighted by Gasteiger charge is -2.09. The van der Waals surface area contributed by atoms with Crippen molar-refractivity contribution in [3.8, 4) is 0 Å². The number of hydrogen-bond acceptors (Lipinski definition) is 1. The molecule has 0 radical (unpaired) electrons. The Morgan fingerprint density at radius 1 is 1.67 bits per heavy atom. The first kappa shape index (κ1) is 8.74. The molecule has 0 aliphatic carbocycles. The van der Waals surface area contributed by atoms with E-state index in [9.17, 15) is 0 Å². The minimum Gasteiger partial charge on any atom is -0.307 e. The molecule has 0 unspecified atom stereocenters. The summed E-state index contributed by atoms with van der Waals surface area (Å²) in [6.07, 6.45) is 0. The number of rotatable bonds is 3. The van der Waals surface area contributed by atoms with Crippen molar-refractivity contribution in [3.63, 3.8) is 0 Å². The summed E-state index contributed by atoms with van der Waals surface area (Å²) in [5.41, 5.74) is -0.700. The van der Waals surface area contributed by atoms with Crippen LogP contribution in [0.5, 0.6) is 0 Å². The third kappa shape index (κ3) is 4.26. The molecule has 0 aromatic rings. The van der Waals surface area contributed by atoms with E-state index in [2.05, 4.69) is 4.85 Å².